The fraction of sp³-hybridized carbons (Fsp3) is 0.194. The first-order valence-electron chi connectivity index (χ1n) is 27.6. The van der Waals surface area contributed by atoms with Crippen LogP contribution in [0.5, 0.6) is 11.5 Å². The summed E-state index contributed by atoms with van der Waals surface area (Å²) in [6.45, 7) is 17.8. The molecule has 0 saturated heterocycles. The predicted octanol–water partition coefficient (Wildman–Crippen LogP) is 17.5. The smallest absolute Gasteiger partial charge is 0.269 e. The Hall–Kier alpha value is -8.02. The van der Waals surface area contributed by atoms with E-state index in [1.165, 1.54) is 5.56 Å². The van der Waals surface area contributed by atoms with Crippen molar-refractivity contribution in [1.29, 1.82) is 0 Å². The molecule has 0 amide bonds. The lowest BCUT2D eigenvalue weighted by Gasteiger charge is -2.27. The topological polar surface area (TPSA) is 35.9 Å². The average Bonchev–Trinajstić information content (AvgIpc) is 4.22. The highest BCUT2D eigenvalue weighted by Crippen LogP contribution is 2.41. The highest BCUT2D eigenvalue weighted by Gasteiger charge is 2.25. The zero-order valence-corrected chi connectivity index (χ0v) is 42.4. The minimum atomic E-state index is -0.442. The number of pyridine rings is 1. The van der Waals surface area contributed by atoms with Gasteiger partial charge in [-0.1, -0.05) is 189 Å². The molecule has 0 aliphatic rings. The fourth-order valence-electron chi connectivity index (χ4n) is 10.2. The lowest BCUT2D eigenvalue weighted by atomic mass is 9.78. The van der Waals surface area contributed by atoms with Crippen molar-refractivity contribution in [2.75, 3.05) is 0 Å². The van der Waals surface area contributed by atoms with Gasteiger partial charge in [0, 0.05) is 23.0 Å². The fourth-order valence-corrected chi connectivity index (χ4v) is 10.2. The number of benzene rings is 8. The third-order valence-corrected chi connectivity index (χ3v) is 14.2. The third-order valence-electron chi connectivity index (χ3n) is 14.2. The predicted molar refractivity (Wildman–Crippen MR) is 299 cm³/mol. The van der Waals surface area contributed by atoms with Crippen molar-refractivity contribution in [1.82, 2.24) is 14.1 Å². The molecule has 3 aromatic heterocycles. The summed E-state index contributed by atoms with van der Waals surface area (Å²) in [5, 5.41) is 2.24. The number of aromatic nitrogens is 4. The van der Waals surface area contributed by atoms with Crippen molar-refractivity contribution in [3.63, 3.8) is 0 Å². The van der Waals surface area contributed by atoms with Gasteiger partial charge in [-0.3, -0.25) is 13.7 Å². The maximum absolute atomic E-state index is 9.33. The molecule has 0 spiro atoms. The van der Waals surface area contributed by atoms with Crippen molar-refractivity contribution < 1.29 is 16.2 Å². The Labute approximate surface area is 431 Å². The molecule has 0 fully saturated rings. The first-order chi connectivity index (χ1) is 36.9. The molecule has 0 atom stereocenters. The van der Waals surface area contributed by atoms with Gasteiger partial charge in [0.15, 0.2) is 0 Å². The molecule has 3 heterocycles. The van der Waals surface area contributed by atoms with Gasteiger partial charge in [-0.15, -0.1) is 0 Å². The molecule has 0 saturated carbocycles. The zero-order valence-electron chi connectivity index (χ0n) is 47.4. The lowest BCUT2D eigenvalue weighted by molar-refractivity contribution is -0.571. The van der Waals surface area contributed by atoms with E-state index in [2.05, 4.69) is 169 Å². The maximum atomic E-state index is 9.33. The Balaban J connectivity index is 1.12. The molecule has 0 N–H and O–H groups in total. The van der Waals surface area contributed by atoms with Gasteiger partial charge in [-0.05, 0) is 134 Å². The van der Waals surface area contributed by atoms with Crippen LogP contribution >= 0.6 is 0 Å². The van der Waals surface area contributed by atoms with Crippen LogP contribution in [0.2, 0.25) is 0 Å². The molecule has 0 bridgehead atoms. The van der Waals surface area contributed by atoms with Crippen LogP contribution < -0.4 is 9.30 Å². The summed E-state index contributed by atoms with van der Waals surface area (Å²) >= 11 is 0. The summed E-state index contributed by atoms with van der Waals surface area (Å²) in [7, 11) is 0. The number of ether oxygens (including phenoxy) is 1. The second-order valence-electron chi connectivity index (χ2n) is 20.9. The monoisotopic (exact) mass is 944 g/mol. The Morgan fingerprint density at radius 3 is 1.99 bits per heavy atom. The largest absolute Gasteiger partial charge is 0.458 e. The van der Waals surface area contributed by atoms with E-state index in [0.717, 1.165) is 90.6 Å². The van der Waals surface area contributed by atoms with Gasteiger partial charge in [-0.2, -0.15) is 0 Å². The number of rotatable bonds is 11. The zero-order chi connectivity index (χ0) is 54.1. The van der Waals surface area contributed by atoms with Crippen LogP contribution in [-0.4, -0.2) is 14.1 Å². The van der Waals surface area contributed by atoms with Crippen LogP contribution in [0.25, 0.3) is 83.4 Å². The van der Waals surface area contributed by atoms with E-state index >= 15 is 0 Å². The second-order valence-corrected chi connectivity index (χ2v) is 20.9. The van der Waals surface area contributed by atoms with E-state index < -0.39 is 18.1 Å². The van der Waals surface area contributed by atoms with Gasteiger partial charge in [0.05, 0.1) is 40.3 Å². The molecule has 0 radical (unpaired) electrons. The third kappa shape index (κ3) is 8.68. The highest BCUT2D eigenvalue weighted by molar-refractivity contribution is 6.09. The number of imidazole rings is 1. The van der Waals surface area contributed by atoms with Crippen molar-refractivity contribution in [2.24, 2.45) is 0 Å². The molecule has 5 heteroatoms. The molecular weight excluding hydrogens is 877 g/mol. The molecular formula is C67H62N4O. The number of fused-ring (bicyclic) bond motifs is 4. The van der Waals surface area contributed by atoms with E-state index in [4.69, 9.17) is 13.8 Å². The molecule has 11 rings (SSSR count). The molecule has 0 aliphatic carbocycles. The lowest BCUT2D eigenvalue weighted by Crippen LogP contribution is -2.31. The van der Waals surface area contributed by atoms with Gasteiger partial charge in [-0.25, -0.2) is 4.98 Å². The van der Waals surface area contributed by atoms with Crippen LogP contribution in [-0.2, 0) is 10.8 Å². The first-order valence-corrected chi connectivity index (χ1v) is 25.1. The van der Waals surface area contributed by atoms with Crippen LogP contribution in [0.3, 0.4) is 0 Å². The van der Waals surface area contributed by atoms with E-state index in [9.17, 15) is 2.74 Å². The SMILES string of the molecule is [2H]c1c([2H])c([2H])c(-c2cccc(-c3cc(C(C)(C)C)cc(C(C)(C)C)c3)c2-[n+]2[c-]n(-c3cccc(Oc4ccc5c6ccccc6n(-c6cc(C(CC)CC)ccn6)c5c4)c3)c3cc(-c4ccccc4)ccc32)c([2H])c1[2H]. The van der Waals surface area contributed by atoms with E-state index in [0.29, 0.717) is 28.7 Å². The van der Waals surface area contributed by atoms with E-state index in [1.54, 1.807) is 0 Å². The normalized spacial score (nSPS) is 13.1. The average molecular weight is 944 g/mol. The molecule has 72 heavy (non-hydrogen) atoms. The van der Waals surface area contributed by atoms with Crippen molar-refractivity contribution in [3.05, 3.63) is 223 Å². The maximum Gasteiger partial charge on any atom is 0.269 e. The Bertz CT molecular complexity index is 4020. The van der Waals surface area contributed by atoms with Crippen LogP contribution in [0.15, 0.2) is 200 Å². The van der Waals surface area contributed by atoms with Gasteiger partial charge in [0.25, 0.3) is 6.33 Å². The minimum absolute atomic E-state index is 0.111. The Morgan fingerprint density at radius 2 is 1.25 bits per heavy atom. The molecule has 11 aromatic rings. The van der Waals surface area contributed by atoms with Crippen LogP contribution in [0, 0.1) is 6.33 Å². The summed E-state index contributed by atoms with van der Waals surface area (Å²) in [5.74, 6) is 2.59. The van der Waals surface area contributed by atoms with Gasteiger partial charge >= 0.3 is 0 Å². The molecule has 0 aliphatic heterocycles. The van der Waals surface area contributed by atoms with Crippen LogP contribution in [0.1, 0.15) is 97.7 Å². The molecule has 356 valence electrons. The van der Waals surface area contributed by atoms with Crippen LogP contribution in [0.4, 0.5) is 0 Å². The highest BCUT2D eigenvalue weighted by atomic mass is 16.5. The molecule has 5 nitrogen and oxygen atoms in total. The Kier molecular flexibility index (Phi) is 10.5. The summed E-state index contributed by atoms with van der Waals surface area (Å²) in [5.41, 5.74) is 12.7. The van der Waals surface area contributed by atoms with Gasteiger partial charge in [0.2, 0.25) is 0 Å². The standard InChI is InChI=1S/C67H62N4O/c1-9-45(10-2)49-35-36-68-64(40-49)71-60-30-18-17-27-58(60)59-33-32-55(43-62(59)71)72-54-26-19-25-53(42-54)69-44-70(61-34-31-48(39-63(61)69)46-21-13-11-14-22-46)65-56(47-23-15-12-16-24-47)28-20-29-57(65)50-37-51(66(3,4)5)41-52(38-50)67(6,7)8/h11-43,45H,9-10H2,1-8H3/i12D,15D,16D,23D,24D. The van der Waals surface area contributed by atoms with Gasteiger partial charge in [0.1, 0.15) is 17.3 Å². The van der Waals surface area contributed by atoms with Gasteiger partial charge < -0.3 is 4.74 Å². The summed E-state index contributed by atoms with van der Waals surface area (Å²) in [4.78, 5) is 4.93. The van der Waals surface area contributed by atoms with E-state index in [-0.39, 0.29) is 28.5 Å². The van der Waals surface area contributed by atoms with Crippen molar-refractivity contribution >= 4 is 32.8 Å². The Morgan fingerprint density at radius 1 is 0.569 bits per heavy atom. The summed E-state index contributed by atoms with van der Waals surface area (Å²) in [6, 6.07) is 54.5. The summed E-state index contributed by atoms with van der Waals surface area (Å²) in [6.07, 6.45) is 7.81. The number of nitrogens with zero attached hydrogens (tertiary/aromatic N) is 4. The first kappa shape index (κ1) is 40.7. The number of hydrogen-bond donors (Lipinski definition) is 0. The van der Waals surface area contributed by atoms with Crippen molar-refractivity contribution in [2.45, 2.75) is 85.0 Å². The van der Waals surface area contributed by atoms with Crippen molar-refractivity contribution in [3.8, 4) is 62.1 Å². The quantitative estimate of drug-likeness (QED) is 0.0957. The number of hydrogen-bond acceptors (Lipinski definition) is 2. The molecule has 8 aromatic carbocycles. The number of para-hydroxylation sites is 2. The second kappa shape index (κ2) is 18.6. The minimum Gasteiger partial charge on any atom is -0.458 e. The van der Waals surface area contributed by atoms with E-state index in [1.807, 2.05) is 76.0 Å². The molecule has 0 unspecified atom stereocenters. The summed E-state index contributed by atoms with van der Waals surface area (Å²) < 4.78 is 58.0.